The predicted molar refractivity (Wildman–Crippen MR) is 129 cm³/mol. The third kappa shape index (κ3) is 5.05. The molecule has 1 saturated heterocycles. The minimum atomic E-state index is -3.75. The number of carbonyl (C=O) groups is 1. The Bertz CT molecular complexity index is 1150. The van der Waals surface area contributed by atoms with Crippen molar-refractivity contribution in [3.63, 3.8) is 0 Å². The largest absolute Gasteiger partial charge is 0.469 e. The first-order valence-corrected chi connectivity index (χ1v) is 12.9. The van der Waals surface area contributed by atoms with Crippen molar-refractivity contribution in [2.24, 2.45) is 10.3 Å². The van der Waals surface area contributed by atoms with Crippen molar-refractivity contribution in [2.75, 3.05) is 19.6 Å². The summed E-state index contributed by atoms with van der Waals surface area (Å²) in [4.78, 5) is 14.8. The molecule has 0 aliphatic carbocycles. The standard InChI is InChI=1S/C25H31N3O4S/c1-17(2)19-6-8-20(9-7-19)23-18(3)24(27-33(23,30)31)28-14-11-21(12-15-28)25(29)26-13-10-22-5-4-16-32-22/h4-9,16-17,21H,10-15H2,1-3H3,(H,26,29). The van der Waals surface area contributed by atoms with E-state index in [1.54, 1.807) is 6.26 Å². The topological polar surface area (TPSA) is 92.0 Å². The van der Waals surface area contributed by atoms with E-state index in [4.69, 9.17) is 4.42 Å². The predicted octanol–water partition coefficient (Wildman–Crippen LogP) is 3.95. The highest BCUT2D eigenvalue weighted by molar-refractivity contribution is 8.00. The lowest BCUT2D eigenvalue weighted by Gasteiger charge is -2.32. The number of rotatable bonds is 6. The van der Waals surface area contributed by atoms with Crippen molar-refractivity contribution in [1.82, 2.24) is 10.2 Å². The van der Waals surface area contributed by atoms with E-state index in [9.17, 15) is 13.2 Å². The number of hydrogen-bond acceptors (Lipinski definition) is 5. The van der Waals surface area contributed by atoms with Crippen LogP contribution in [0, 0.1) is 5.92 Å². The molecule has 2 aromatic rings. The Hall–Kier alpha value is -2.87. The van der Waals surface area contributed by atoms with Crippen molar-refractivity contribution >= 4 is 26.7 Å². The van der Waals surface area contributed by atoms with Gasteiger partial charge in [0.25, 0.3) is 10.0 Å². The van der Waals surface area contributed by atoms with Crippen LogP contribution in [0.2, 0.25) is 0 Å². The molecule has 33 heavy (non-hydrogen) atoms. The molecule has 0 unspecified atom stereocenters. The van der Waals surface area contributed by atoms with E-state index in [1.807, 2.05) is 48.2 Å². The average molecular weight is 470 g/mol. The molecule has 1 aromatic heterocycles. The number of amides is 1. The Morgan fingerprint density at radius 3 is 2.48 bits per heavy atom. The first-order valence-electron chi connectivity index (χ1n) is 11.5. The highest BCUT2D eigenvalue weighted by Crippen LogP contribution is 2.35. The van der Waals surface area contributed by atoms with E-state index in [2.05, 4.69) is 23.6 Å². The van der Waals surface area contributed by atoms with Gasteiger partial charge >= 0.3 is 0 Å². The number of sulfonamides is 1. The molecule has 2 aliphatic rings. The normalized spacial score (nSPS) is 18.7. The first-order chi connectivity index (χ1) is 15.8. The molecule has 0 bridgehead atoms. The molecule has 1 fully saturated rings. The minimum Gasteiger partial charge on any atom is -0.469 e. The summed E-state index contributed by atoms with van der Waals surface area (Å²) in [6.45, 7) is 7.77. The van der Waals surface area contributed by atoms with Gasteiger partial charge in [0.05, 0.1) is 6.26 Å². The summed E-state index contributed by atoms with van der Waals surface area (Å²) in [6, 6.07) is 11.4. The molecular formula is C25H31N3O4S. The zero-order chi connectivity index (χ0) is 23.6. The van der Waals surface area contributed by atoms with Crippen LogP contribution in [0.3, 0.4) is 0 Å². The van der Waals surface area contributed by atoms with Crippen LogP contribution in [0.25, 0.3) is 4.91 Å². The SMILES string of the molecule is CC1=C(c2ccc(C(C)C)cc2)S(=O)(=O)N=C1N1CCC(C(=O)NCCc2ccco2)CC1. The maximum atomic E-state index is 12.9. The third-order valence-electron chi connectivity index (χ3n) is 6.40. The smallest absolute Gasteiger partial charge is 0.285 e. The van der Waals surface area contributed by atoms with E-state index in [0.29, 0.717) is 61.8 Å². The van der Waals surface area contributed by atoms with Crippen LogP contribution in [0.15, 0.2) is 57.0 Å². The fourth-order valence-corrected chi connectivity index (χ4v) is 5.95. The van der Waals surface area contributed by atoms with Gasteiger partial charge in [0.2, 0.25) is 5.91 Å². The number of carbonyl (C=O) groups excluding carboxylic acids is 1. The van der Waals surface area contributed by atoms with Gasteiger partial charge in [0.1, 0.15) is 16.5 Å². The number of furan rings is 1. The Labute approximate surface area is 195 Å². The van der Waals surface area contributed by atoms with Gasteiger partial charge in [-0.1, -0.05) is 38.1 Å². The molecule has 1 aromatic carbocycles. The van der Waals surface area contributed by atoms with E-state index in [-0.39, 0.29) is 16.7 Å². The molecule has 8 heteroatoms. The van der Waals surface area contributed by atoms with Crippen LogP contribution in [-0.4, -0.2) is 44.7 Å². The van der Waals surface area contributed by atoms with Gasteiger partial charge in [0, 0.05) is 37.5 Å². The monoisotopic (exact) mass is 469 g/mol. The fraction of sp³-hybridized carbons (Fsp3) is 0.440. The summed E-state index contributed by atoms with van der Waals surface area (Å²) in [6.07, 6.45) is 3.62. The van der Waals surface area contributed by atoms with Crippen LogP contribution in [0.1, 0.15) is 56.4 Å². The Morgan fingerprint density at radius 2 is 1.88 bits per heavy atom. The lowest BCUT2D eigenvalue weighted by Crippen LogP contribution is -2.43. The second kappa shape index (κ2) is 9.55. The van der Waals surface area contributed by atoms with E-state index in [1.165, 1.54) is 0 Å². The molecule has 0 atom stereocenters. The second-order valence-corrected chi connectivity index (χ2v) is 10.5. The van der Waals surface area contributed by atoms with Gasteiger partial charge in [-0.3, -0.25) is 4.79 Å². The van der Waals surface area contributed by atoms with Crippen molar-refractivity contribution in [2.45, 2.75) is 46.0 Å². The molecule has 4 rings (SSSR count). The fourth-order valence-electron chi connectivity index (χ4n) is 4.46. The van der Waals surface area contributed by atoms with Crippen LogP contribution >= 0.6 is 0 Å². The molecule has 7 nitrogen and oxygen atoms in total. The number of benzene rings is 1. The Morgan fingerprint density at radius 1 is 1.18 bits per heavy atom. The van der Waals surface area contributed by atoms with Gasteiger partial charge in [-0.15, -0.1) is 4.40 Å². The van der Waals surface area contributed by atoms with Crippen LogP contribution in [0.5, 0.6) is 0 Å². The molecule has 0 radical (unpaired) electrons. The summed E-state index contributed by atoms with van der Waals surface area (Å²) in [5, 5.41) is 2.98. The van der Waals surface area contributed by atoms with E-state index >= 15 is 0 Å². The number of hydrogen-bond donors (Lipinski definition) is 1. The van der Waals surface area contributed by atoms with E-state index < -0.39 is 10.0 Å². The van der Waals surface area contributed by atoms with Gasteiger partial charge in [0.15, 0.2) is 0 Å². The molecule has 2 aliphatic heterocycles. The van der Waals surface area contributed by atoms with Crippen LogP contribution < -0.4 is 5.32 Å². The van der Waals surface area contributed by atoms with Crippen LogP contribution in [-0.2, 0) is 21.2 Å². The summed E-state index contributed by atoms with van der Waals surface area (Å²) >= 11 is 0. The second-order valence-electron chi connectivity index (χ2n) is 9.00. The quantitative estimate of drug-likeness (QED) is 0.692. The number of nitrogens with one attached hydrogen (secondary N) is 1. The average Bonchev–Trinajstić information content (AvgIpc) is 3.39. The number of amidine groups is 1. The molecule has 1 N–H and O–H groups in total. The minimum absolute atomic E-state index is 0.0420. The van der Waals surface area contributed by atoms with Crippen LogP contribution in [0.4, 0.5) is 0 Å². The van der Waals surface area contributed by atoms with Gasteiger partial charge in [-0.05, 0) is 48.9 Å². The maximum absolute atomic E-state index is 12.9. The van der Waals surface area contributed by atoms with Gasteiger partial charge < -0.3 is 14.6 Å². The molecule has 0 spiro atoms. The highest BCUT2D eigenvalue weighted by Gasteiger charge is 2.35. The van der Waals surface area contributed by atoms with Gasteiger partial charge in [-0.25, -0.2) is 0 Å². The molecule has 176 valence electrons. The lowest BCUT2D eigenvalue weighted by atomic mass is 9.95. The lowest BCUT2D eigenvalue weighted by molar-refractivity contribution is -0.126. The Balaban J connectivity index is 1.39. The van der Waals surface area contributed by atoms with Crippen molar-refractivity contribution in [3.8, 4) is 0 Å². The summed E-state index contributed by atoms with van der Waals surface area (Å²) in [7, 11) is -3.75. The number of piperidine rings is 1. The van der Waals surface area contributed by atoms with Crippen molar-refractivity contribution < 1.29 is 17.6 Å². The van der Waals surface area contributed by atoms with E-state index in [0.717, 1.165) is 11.3 Å². The number of nitrogens with zero attached hydrogens (tertiary/aromatic N) is 2. The summed E-state index contributed by atoms with van der Waals surface area (Å²) < 4.78 is 35.2. The zero-order valence-electron chi connectivity index (χ0n) is 19.4. The summed E-state index contributed by atoms with van der Waals surface area (Å²) in [5.41, 5.74) is 2.51. The molecule has 0 saturated carbocycles. The molecular weight excluding hydrogens is 438 g/mol. The number of likely N-dealkylation sites (tertiary alicyclic amines) is 1. The first kappa shape index (κ1) is 23.3. The van der Waals surface area contributed by atoms with Crippen molar-refractivity contribution in [1.29, 1.82) is 0 Å². The van der Waals surface area contributed by atoms with Gasteiger partial charge in [-0.2, -0.15) is 8.42 Å². The summed E-state index contributed by atoms with van der Waals surface area (Å²) in [5.74, 6) is 1.70. The highest BCUT2D eigenvalue weighted by atomic mass is 32.2. The Kier molecular flexibility index (Phi) is 6.74. The molecule has 3 heterocycles. The third-order valence-corrected chi connectivity index (χ3v) is 7.87. The maximum Gasteiger partial charge on any atom is 0.285 e. The molecule has 1 amide bonds. The van der Waals surface area contributed by atoms with Crippen molar-refractivity contribution in [3.05, 3.63) is 65.1 Å². The zero-order valence-corrected chi connectivity index (χ0v) is 20.2.